The van der Waals surface area contributed by atoms with Crippen molar-refractivity contribution in [2.24, 2.45) is 4.99 Å². The maximum Gasteiger partial charge on any atom is 0.128 e. The number of nitrogens with one attached hydrogen (secondary N) is 1. The van der Waals surface area contributed by atoms with E-state index in [0.717, 1.165) is 32.0 Å². The molecule has 0 saturated heterocycles. The van der Waals surface area contributed by atoms with Gasteiger partial charge in [0, 0.05) is 12.1 Å². The van der Waals surface area contributed by atoms with Crippen molar-refractivity contribution >= 4 is 5.84 Å². The van der Waals surface area contributed by atoms with E-state index in [1.165, 1.54) is 6.07 Å². The highest BCUT2D eigenvalue weighted by Crippen LogP contribution is 2.25. The normalized spacial score (nSPS) is 16.6. The summed E-state index contributed by atoms with van der Waals surface area (Å²) in [7, 11) is 0. The number of halogens is 1. The van der Waals surface area contributed by atoms with Gasteiger partial charge in [-0.15, -0.1) is 0 Å². The number of nitrogens with zero attached hydrogens (tertiary/aromatic N) is 2. The van der Waals surface area contributed by atoms with E-state index in [4.69, 9.17) is 0 Å². The van der Waals surface area contributed by atoms with E-state index < -0.39 is 0 Å². The van der Waals surface area contributed by atoms with Gasteiger partial charge in [-0.3, -0.25) is 9.89 Å². The van der Waals surface area contributed by atoms with E-state index >= 15 is 0 Å². The van der Waals surface area contributed by atoms with E-state index in [9.17, 15) is 4.39 Å². The van der Waals surface area contributed by atoms with Crippen molar-refractivity contribution in [2.75, 3.05) is 26.2 Å². The predicted molar refractivity (Wildman–Crippen MR) is 72.4 cm³/mol. The molecule has 1 N–H and O–H groups in total. The van der Waals surface area contributed by atoms with E-state index in [1.807, 2.05) is 12.1 Å². The Morgan fingerprint density at radius 1 is 1.33 bits per heavy atom. The van der Waals surface area contributed by atoms with Crippen LogP contribution in [-0.2, 0) is 0 Å². The third-order valence-corrected chi connectivity index (χ3v) is 3.34. The quantitative estimate of drug-likeness (QED) is 0.866. The van der Waals surface area contributed by atoms with E-state index in [0.29, 0.717) is 5.56 Å². The third kappa shape index (κ3) is 2.53. The SMILES string of the molecule is CCN(CC)C(C1=NCCN1)c1ccccc1F. The fourth-order valence-corrected chi connectivity index (χ4v) is 2.40. The average molecular weight is 249 g/mol. The average Bonchev–Trinajstić information content (AvgIpc) is 2.90. The second-order valence-corrected chi connectivity index (χ2v) is 4.34. The number of hydrogen-bond donors (Lipinski definition) is 1. The molecule has 0 amide bonds. The highest BCUT2D eigenvalue weighted by atomic mass is 19.1. The van der Waals surface area contributed by atoms with Crippen molar-refractivity contribution in [2.45, 2.75) is 19.9 Å². The van der Waals surface area contributed by atoms with Crippen LogP contribution >= 0.6 is 0 Å². The number of likely N-dealkylation sites (N-methyl/N-ethyl adjacent to an activating group) is 1. The van der Waals surface area contributed by atoms with Crippen LogP contribution in [0.5, 0.6) is 0 Å². The topological polar surface area (TPSA) is 27.6 Å². The van der Waals surface area contributed by atoms with Gasteiger partial charge in [-0.05, 0) is 19.2 Å². The summed E-state index contributed by atoms with van der Waals surface area (Å²) < 4.78 is 14.0. The van der Waals surface area contributed by atoms with Crippen LogP contribution in [-0.4, -0.2) is 36.9 Å². The van der Waals surface area contributed by atoms with Crippen LogP contribution < -0.4 is 5.32 Å². The van der Waals surface area contributed by atoms with Crippen molar-refractivity contribution in [1.29, 1.82) is 0 Å². The summed E-state index contributed by atoms with van der Waals surface area (Å²) in [5.41, 5.74) is 0.703. The van der Waals surface area contributed by atoms with Gasteiger partial charge in [0.05, 0.1) is 12.6 Å². The molecule has 1 aliphatic heterocycles. The lowest BCUT2D eigenvalue weighted by molar-refractivity contribution is 0.264. The molecule has 1 heterocycles. The van der Waals surface area contributed by atoms with Crippen LogP contribution in [0.1, 0.15) is 25.5 Å². The zero-order valence-corrected chi connectivity index (χ0v) is 11.0. The summed E-state index contributed by atoms with van der Waals surface area (Å²) >= 11 is 0. The van der Waals surface area contributed by atoms with Crippen LogP contribution in [0.4, 0.5) is 4.39 Å². The van der Waals surface area contributed by atoms with Gasteiger partial charge in [-0.25, -0.2) is 4.39 Å². The molecule has 1 atom stereocenters. The lowest BCUT2D eigenvalue weighted by Gasteiger charge is -2.30. The molecule has 2 rings (SSSR count). The van der Waals surface area contributed by atoms with Gasteiger partial charge in [-0.2, -0.15) is 0 Å². The number of amidine groups is 1. The fraction of sp³-hybridized carbons (Fsp3) is 0.500. The first-order valence-electron chi connectivity index (χ1n) is 6.54. The molecule has 0 aliphatic carbocycles. The molecule has 18 heavy (non-hydrogen) atoms. The zero-order valence-electron chi connectivity index (χ0n) is 11.0. The second kappa shape index (κ2) is 5.96. The van der Waals surface area contributed by atoms with Crippen molar-refractivity contribution in [3.05, 3.63) is 35.6 Å². The Balaban J connectivity index is 2.38. The lowest BCUT2D eigenvalue weighted by Crippen LogP contribution is -2.39. The molecule has 0 aromatic heterocycles. The fourth-order valence-electron chi connectivity index (χ4n) is 2.40. The van der Waals surface area contributed by atoms with Gasteiger partial charge in [-0.1, -0.05) is 32.0 Å². The predicted octanol–water partition coefficient (Wildman–Crippen LogP) is 2.21. The largest absolute Gasteiger partial charge is 0.370 e. The Morgan fingerprint density at radius 2 is 2.06 bits per heavy atom. The smallest absolute Gasteiger partial charge is 0.128 e. The van der Waals surface area contributed by atoms with Crippen molar-refractivity contribution in [3.8, 4) is 0 Å². The molecule has 4 heteroatoms. The Labute approximate surface area is 108 Å². The Hall–Kier alpha value is -1.42. The molecule has 0 spiro atoms. The number of benzene rings is 1. The van der Waals surface area contributed by atoms with Gasteiger partial charge in [0.2, 0.25) is 0 Å². The van der Waals surface area contributed by atoms with Gasteiger partial charge < -0.3 is 5.32 Å². The van der Waals surface area contributed by atoms with Gasteiger partial charge in [0.15, 0.2) is 0 Å². The number of hydrogen-bond acceptors (Lipinski definition) is 3. The van der Waals surface area contributed by atoms with Gasteiger partial charge in [0.25, 0.3) is 0 Å². The van der Waals surface area contributed by atoms with Crippen molar-refractivity contribution in [1.82, 2.24) is 10.2 Å². The van der Waals surface area contributed by atoms with Crippen molar-refractivity contribution < 1.29 is 4.39 Å². The van der Waals surface area contributed by atoms with Crippen LogP contribution in [0.2, 0.25) is 0 Å². The number of rotatable bonds is 5. The lowest BCUT2D eigenvalue weighted by atomic mass is 10.0. The maximum atomic E-state index is 14.0. The molecule has 1 aliphatic rings. The summed E-state index contributed by atoms with van der Waals surface area (Å²) in [4.78, 5) is 6.69. The molecular formula is C14H20FN3. The summed E-state index contributed by atoms with van der Waals surface area (Å²) in [6, 6.07) is 6.87. The van der Waals surface area contributed by atoms with E-state index in [1.54, 1.807) is 6.07 Å². The summed E-state index contributed by atoms with van der Waals surface area (Å²) in [5.74, 6) is 0.731. The highest BCUT2D eigenvalue weighted by molar-refractivity contribution is 5.89. The van der Waals surface area contributed by atoms with E-state index in [2.05, 4.69) is 29.1 Å². The third-order valence-electron chi connectivity index (χ3n) is 3.34. The first-order valence-corrected chi connectivity index (χ1v) is 6.54. The summed E-state index contributed by atoms with van der Waals surface area (Å²) in [6.45, 7) is 7.55. The molecule has 1 unspecified atom stereocenters. The van der Waals surface area contributed by atoms with Crippen molar-refractivity contribution in [3.63, 3.8) is 0 Å². The van der Waals surface area contributed by atoms with Crippen LogP contribution in [0, 0.1) is 5.82 Å². The Kier molecular flexibility index (Phi) is 4.31. The molecular weight excluding hydrogens is 229 g/mol. The van der Waals surface area contributed by atoms with Crippen LogP contribution in [0.15, 0.2) is 29.3 Å². The van der Waals surface area contributed by atoms with Crippen LogP contribution in [0.3, 0.4) is 0 Å². The maximum absolute atomic E-state index is 14.0. The first kappa shape index (κ1) is 13.0. The minimum Gasteiger partial charge on any atom is -0.370 e. The molecule has 1 aromatic carbocycles. The van der Waals surface area contributed by atoms with Gasteiger partial charge >= 0.3 is 0 Å². The van der Waals surface area contributed by atoms with Crippen LogP contribution in [0.25, 0.3) is 0 Å². The highest BCUT2D eigenvalue weighted by Gasteiger charge is 2.27. The second-order valence-electron chi connectivity index (χ2n) is 4.34. The van der Waals surface area contributed by atoms with Gasteiger partial charge in [0.1, 0.15) is 11.7 Å². The minimum absolute atomic E-state index is 0.0938. The molecule has 3 nitrogen and oxygen atoms in total. The summed E-state index contributed by atoms with van der Waals surface area (Å²) in [6.07, 6.45) is 0. The monoisotopic (exact) mass is 249 g/mol. The first-order chi connectivity index (χ1) is 8.77. The standard InChI is InChI=1S/C14H20FN3/c1-3-18(4-2)13(14-16-9-10-17-14)11-7-5-6-8-12(11)15/h5-8,13H,3-4,9-10H2,1-2H3,(H,16,17). The molecule has 0 saturated carbocycles. The Bertz CT molecular complexity index is 427. The molecule has 98 valence electrons. The number of aliphatic imine (C=N–C) groups is 1. The Morgan fingerprint density at radius 3 is 2.61 bits per heavy atom. The molecule has 0 radical (unpaired) electrons. The summed E-state index contributed by atoms with van der Waals surface area (Å²) in [5, 5.41) is 3.27. The zero-order chi connectivity index (χ0) is 13.0. The van der Waals surface area contributed by atoms with E-state index in [-0.39, 0.29) is 11.9 Å². The minimum atomic E-state index is -0.161. The molecule has 0 fully saturated rings. The molecule has 0 bridgehead atoms. The molecule has 1 aromatic rings.